The average molecular weight is 382 g/mol. The fourth-order valence-corrected chi connectivity index (χ4v) is 3.87. The van der Waals surface area contributed by atoms with Gasteiger partial charge in [-0.2, -0.15) is 0 Å². The maximum Gasteiger partial charge on any atom is 0.268 e. The van der Waals surface area contributed by atoms with Crippen molar-refractivity contribution in [2.45, 2.75) is 40.2 Å². The van der Waals surface area contributed by atoms with E-state index in [1.54, 1.807) is 11.9 Å². The van der Waals surface area contributed by atoms with Gasteiger partial charge in [0.05, 0.1) is 0 Å². The lowest BCUT2D eigenvalue weighted by Crippen LogP contribution is -2.24. The predicted molar refractivity (Wildman–Crippen MR) is 116 cm³/mol. The Bertz CT molecular complexity index is 932. The number of amides is 1. The van der Waals surface area contributed by atoms with Crippen LogP contribution in [0.5, 0.6) is 0 Å². The van der Waals surface area contributed by atoms with Crippen LogP contribution >= 0.6 is 11.9 Å². The highest BCUT2D eigenvalue weighted by Gasteiger charge is 2.15. The molecule has 3 aromatic rings. The number of hydrogen-bond donors (Lipinski definition) is 3. The normalized spacial score (nSPS) is 10.9. The second kappa shape index (κ2) is 9.00. The zero-order valence-corrected chi connectivity index (χ0v) is 17.0. The van der Waals surface area contributed by atoms with Gasteiger partial charge in [0, 0.05) is 28.9 Å². The van der Waals surface area contributed by atoms with Gasteiger partial charge in [-0.25, -0.2) is 0 Å². The molecule has 1 amide bonds. The quantitative estimate of drug-likeness (QED) is 0.353. The van der Waals surface area contributed by atoms with Gasteiger partial charge in [0.1, 0.15) is 5.69 Å². The van der Waals surface area contributed by atoms with Gasteiger partial charge in [-0.3, -0.25) is 4.79 Å². The Morgan fingerprint density at radius 3 is 2.74 bits per heavy atom. The summed E-state index contributed by atoms with van der Waals surface area (Å²) in [6, 6.07) is 14.3. The molecule has 27 heavy (non-hydrogen) atoms. The van der Waals surface area contributed by atoms with Crippen molar-refractivity contribution in [3.8, 4) is 0 Å². The first-order valence-corrected chi connectivity index (χ1v) is 10.4. The van der Waals surface area contributed by atoms with Crippen molar-refractivity contribution in [3.63, 3.8) is 0 Å². The van der Waals surface area contributed by atoms with Crippen molar-refractivity contribution in [2.24, 2.45) is 0 Å². The first kappa shape index (κ1) is 19.4. The largest absolute Gasteiger partial charge is 0.350 e. The molecule has 0 saturated carbocycles. The predicted octanol–water partition coefficient (Wildman–Crippen LogP) is 5.57. The molecular weight excluding hydrogens is 354 g/mol. The van der Waals surface area contributed by atoms with Gasteiger partial charge in [-0.15, -0.1) is 0 Å². The number of rotatable bonds is 8. The first-order valence-electron chi connectivity index (χ1n) is 9.43. The zero-order valence-electron chi connectivity index (χ0n) is 16.2. The fourth-order valence-electron chi connectivity index (χ4n) is 3.04. The van der Waals surface area contributed by atoms with Crippen molar-refractivity contribution in [1.29, 1.82) is 0 Å². The maximum atomic E-state index is 12.7. The minimum atomic E-state index is -0.0706. The number of benzene rings is 2. The van der Waals surface area contributed by atoms with E-state index >= 15 is 0 Å². The van der Waals surface area contributed by atoms with E-state index in [0.717, 1.165) is 33.5 Å². The molecule has 0 spiro atoms. The Balaban J connectivity index is 1.71. The van der Waals surface area contributed by atoms with Crippen LogP contribution in [0.25, 0.3) is 10.9 Å². The van der Waals surface area contributed by atoms with E-state index in [-0.39, 0.29) is 5.91 Å². The Morgan fingerprint density at radius 2 is 1.96 bits per heavy atom. The van der Waals surface area contributed by atoms with Crippen LogP contribution in [0.1, 0.15) is 46.9 Å². The lowest BCUT2D eigenvalue weighted by atomic mass is 10.1. The third kappa shape index (κ3) is 4.66. The summed E-state index contributed by atoms with van der Waals surface area (Å²) in [7, 11) is 0. The molecule has 3 rings (SSSR count). The second-order valence-corrected chi connectivity index (χ2v) is 7.70. The van der Waals surface area contributed by atoms with Gasteiger partial charge >= 0.3 is 0 Å². The summed E-state index contributed by atoms with van der Waals surface area (Å²) in [5.74, 6) is 1.02. The summed E-state index contributed by atoms with van der Waals surface area (Å²) in [5, 5.41) is 4.11. The summed E-state index contributed by atoms with van der Waals surface area (Å²) in [5.41, 5.74) is 5.98. The molecule has 0 unspecified atom stereocenters. The minimum Gasteiger partial charge on any atom is -0.350 e. The van der Waals surface area contributed by atoms with Crippen molar-refractivity contribution in [2.75, 3.05) is 10.5 Å². The number of aromatic nitrogens is 1. The molecule has 1 heterocycles. The van der Waals surface area contributed by atoms with Gasteiger partial charge in [0.25, 0.3) is 5.91 Å². The molecule has 2 aromatic carbocycles. The molecule has 5 heteroatoms. The van der Waals surface area contributed by atoms with Crippen LogP contribution in [0, 0.1) is 13.8 Å². The smallest absolute Gasteiger partial charge is 0.268 e. The van der Waals surface area contributed by atoms with Crippen molar-refractivity contribution in [1.82, 2.24) is 10.3 Å². The van der Waals surface area contributed by atoms with Gasteiger partial charge < -0.3 is 15.0 Å². The number of carbonyl (C=O) groups excluding carboxylic acids is 1. The van der Waals surface area contributed by atoms with E-state index in [0.29, 0.717) is 12.2 Å². The molecule has 0 bridgehead atoms. The highest BCUT2D eigenvalue weighted by atomic mass is 32.2. The summed E-state index contributed by atoms with van der Waals surface area (Å²) in [6.07, 6.45) is 2.40. The second-order valence-electron chi connectivity index (χ2n) is 6.80. The van der Waals surface area contributed by atoms with E-state index in [4.69, 9.17) is 0 Å². The molecule has 0 saturated heterocycles. The molecule has 4 nitrogen and oxygen atoms in total. The van der Waals surface area contributed by atoms with E-state index in [2.05, 4.69) is 41.0 Å². The Kier molecular flexibility index (Phi) is 6.45. The van der Waals surface area contributed by atoms with Crippen LogP contribution in [0.3, 0.4) is 0 Å². The van der Waals surface area contributed by atoms with Crippen molar-refractivity contribution < 1.29 is 4.79 Å². The van der Waals surface area contributed by atoms with Gasteiger partial charge in [0.15, 0.2) is 0 Å². The molecule has 0 atom stereocenters. The molecule has 0 aliphatic rings. The lowest BCUT2D eigenvalue weighted by molar-refractivity contribution is 0.0946. The van der Waals surface area contributed by atoms with Gasteiger partial charge in [-0.1, -0.05) is 49.6 Å². The number of unbranched alkanes of at least 4 members (excludes halogenated alkanes) is 1. The first-order chi connectivity index (χ1) is 13.1. The Hall–Kier alpha value is -2.40. The third-order valence-electron chi connectivity index (χ3n) is 4.78. The van der Waals surface area contributed by atoms with E-state index in [9.17, 15) is 4.79 Å². The highest BCUT2D eigenvalue weighted by Crippen LogP contribution is 2.26. The standard InChI is InChI=1S/C22H27N3OS/c1-4-5-12-27-25-18-10-11-20-19(13-18)16(3)21(24-20)22(26)23-14-17-9-7-6-8-15(17)2/h6-11,13,24-25H,4-5,12,14H2,1-3H3,(H,23,26). The summed E-state index contributed by atoms with van der Waals surface area (Å²) in [4.78, 5) is 16.0. The monoisotopic (exact) mass is 381 g/mol. The average Bonchev–Trinajstić information content (AvgIpc) is 3.01. The molecule has 142 valence electrons. The van der Waals surface area contributed by atoms with Crippen LogP contribution in [0.2, 0.25) is 0 Å². The summed E-state index contributed by atoms with van der Waals surface area (Å²) >= 11 is 1.73. The molecular formula is C22H27N3OS. The SMILES string of the molecule is CCCCSNc1ccc2[nH]c(C(=O)NCc3ccccc3C)c(C)c2c1. The topological polar surface area (TPSA) is 56.9 Å². The van der Waals surface area contributed by atoms with E-state index < -0.39 is 0 Å². The highest BCUT2D eigenvalue weighted by molar-refractivity contribution is 8.00. The van der Waals surface area contributed by atoms with Crippen LogP contribution in [-0.4, -0.2) is 16.6 Å². The van der Waals surface area contributed by atoms with Gasteiger partial charge in [-0.05, 0) is 55.2 Å². The number of fused-ring (bicyclic) bond motifs is 1. The molecule has 0 aliphatic carbocycles. The van der Waals surface area contributed by atoms with Gasteiger partial charge in [0.2, 0.25) is 0 Å². The number of anilines is 1. The van der Waals surface area contributed by atoms with E-state index in [1.807, 2.05) is 37.3 Å². The summed E-state index contributed by atoms with van der Waals surface area (Å²) < 4.78 is 3.39. The number of carbonyl (C=O) groups is 1. The number of hydrogen-bond acceptors (Lipinski definition) is 3. The number of aromatic amines is 1. The molecule has 0 fully saturated rings. The molecule has 1 aromatic heterocycles. The van der Waals surface area contributed by atoms with Crippen LogP contribution in [0.4, 0.5) is 5.69 Å². The maximum absolute atomic E-state index is 12.7. The minimum absolute atomic E-state index is 0.0706. The lowest BCUT2D eigenvalue weighted by Gasteiger charge is -2.07. The third-order valence-corrected chi connectivity index (χ3v) is 5.65. The van der Waals surface area contributed by atoms with E-state index in [1.165, 1.54) is 18.4 Å². The number of H-pyrrole nitrogens is 1. The number of aryl methyl sites for hydroxylation is 2. The molecule has 3 N–H and O–H groups in total. The molecule has 0 radical (unpaired) electrons. The van der Waals surface area contributed by atoms with Crippen LogP contribution in [0.15, 0.2) is 42.5 Å². The number of nitrogens with one attached hydrogen (secondary N) is 3. The van der Waals surface area contributed by atoms with Crippen LogP contribution in [-0.2, 0) is 6.54 Å². The van der Waals surface area contributed by atoms with Crippen molar-refractivity contribution in [3.05, 3.63) is 64.8 Å². The Morgan fingerprint density at radius 1 is 1.15 bits per heavy atom. The fraction of sp³-hybridized carbons (Fsp3) is 0.318. The summed E-state index contributed by atoms with van der Waals surface area (Å²) in [6.45, 7) is 6.78. The van der Waals surface area contributed by atoms with Crippen LogP contribution < -0.4 is 10.0 Å². The van der Waals surface area contributed by atoms with Crippen molar-refractivity contribution >= 4 is 34.4 Å². The zero-order chi connectivity index (χ0) is 19.2. The molecule has 0 aliphatic heterocycles. The Labute approximate surface area is 165 Å².